The lowest BCUT2D eigenvalue weighted by atomic mass is 10.0. The number of nitrogens with zero attached hydrogens (tertiary/aromatic N) is 1. The summed E-state index contributed by atoms with van der Waals surface area (Å²) in [6.07, 6.45) is 0.387. The number of benzene rings is 2. The Labute approximate surface area is 177 Å². The molecule has 0 saturated carbocycles. The van der Waals surface area contributed by atoms with Crippen molar-refractivity contribution in [2.45, 2.75) is 57.8 Å². The summed E-state index contributed by atoms with van der Waals surface area (Å²) < 4.78 is 13.5. The Hall–Kier alpha value is -2.79. The van der Waals surface area contributed by atoms with E-state index in [1.165, 1.54) is 5.69 Å². The SMILES string of the molecule is COc1ccc2ccccc2c1-c1ccc(C(C)C)n1CC[C@@H]1C[C@@H](O)CC(=O)O1. The van der Waals surface area contributed by atoms with Gasteiger partial charge in [0.15, 0.2) is 0 Å². The number of hydrogen-bond donors (Lipinski definition) is 1. The molecule has 1 saturated heterocycles. The second-order valence-electron chi connectivity index (χ2n) is 8.31. The van der Waals surface area contributed by atoms with Crippen LogP contribution in [0.2, 0.25) is 0 Å². The van der Waals surface area contributed by atoms with Gasteiger partial charge in [-0.15, -0.1) is 0 Å². The molecule has 0 unspecified atom stereocenters. The molecule has 1 fully saturated rings. The Balaban J connectivity index is 1.75. The molecule has 1 aromatic heterocycles. The zero-order valence-electron chi connectivity index (χ0n) is 17.8. The van der Waals surface area contributed by atoms with Crippen LogP contribution in [0.3, 0.4) is 0 Å². The molecule has 5 nitrogen and oxygen atoms in total. The summed E-state index contributed by atoms with van der Waals surface area (Å²) in [7, 11) is 1.70. The Kier molecular flexibility index (Phi) is 5.82. The van der Waals surface area contributed by atoms with E-state index in [0.717, 1.165) is 27.8 Å². The Morgan fingerprint density at radius 2 is 1.97 bits per heavy atom. The van der Waals surface area contributed by atoms with Gasteiger partial charge >= 0.3 is 5.97 Å². The van der Waals surface area contributed by atoms with Crippen molar-refractivity contribution in [1.29, 1.82) is 0 Å². The van der Waals surface area contributed by atoms with E-state index in [2.05, 4.69) is 48.7 Å². The van der Waals surface area contributed by atoms with Crippen molar-refractivity contribution in [3.8, 4) is 17.0 Å². The molecular formula is C25H29NO4. The Bertz CT molecular complexity index is 1050. The van der Waals surface area contributed by atoms with Gasteiger partial charge in [0.1, 0.15) is 11.9 Å². The molecule has 30 heavy (non-hydrogen) atoms. The van der Waals surface area contributed by atoms with E-state index in [-0.39, 0.29) is 18.5 Å². The smallest absolute Gasteiger partial charge is 0.308 e. The molecule has 2 aromatic carbocycles. The summed E-state index contributed by atoms with van der Waals surface area (Å²) in [5.41, 5.74) is 3.39. The van der Waals surface area contributed by atoms with Gasteiger partial charge < -0.3 is 19.1 Å². The van der Waals surface area contributed by atoms with Crippen LogP contribution in [0.5, 0.6) is 5.75 Å². The highest BCUT2D eigenvalue weighted by molar-refractivity contribution is 5.99. The van der Waals surface area contributed by atoms with Crippen LogP contribution in [-0.4, -0.2) is 35.0 Å². The van der Waals surface area contributed by atoms with Crippen molar-refractivity contribution in [2.75, 3.05) is 7.11 Å². The summed E-state index contributed by atoms with van der Waals surface area (Å²) in [6, 6.07) is 16.7. The van der Waals surface area contributed by atoms with Crippen LogP contribution >= 0.6 is 0 Å². The fourth-order valence-electron chi connectivity index (χ4n) is 4.45. The number of aromatic nitrogens is 1. The fourth-order valence-corrected chi connectivity index (χ4v) is 4.45. The van der Waals surface area contributed by atoms with Gasteiger partial charge in [-0.1, -0.05) is 44.2 Å². The van der Waals surface area contributed by atoms with Gasteiger partial charge in [-0.3, -0.25) is 4.79 Å². The molecule has 4 rings (SSSR count). The standard InChI is InChI=1S/C25H29NO4/c1-16(2)21-9-10-22(26(21)13-12-19-14-18(27)15-24(28)30-19)25-20-7-5-4-6-17(20)8-11-23(25)29-3/h4-11,16,18-19,27H,12-15H2,1-3H3/t18-,19-/m1/s1. The van der Waals surface area contributed by atoms with Crippen LogP contribution in [0.1, 0.15) is 44.7 Å². The van der Waals surface area contributed by atoms with Crippen molar-refractivity contribution < 1.29 is 19.4 Å². The maximum atomic E-state index is 11.7. The van der Waals surface area contributed by atoms with Gasteiger partial charge in [-0.25, -0.2) is 0 Å². The van der Waals surface area contributed by atoms with E-state index in [4.69, 9.17) is 9.47 Å². The first-order valence-electron chi connectivity index (χ1n) is 10.6. The molecule has 2 heterocycles. The first-order valence-corrected chi connectivity index (χ1v) is 10.6. The van der Waals surface area contributed by atoms with Crippen molar-refractivity contribution in [1.82, 2.24) is 4.57 Å². The van der Waals surface area contributed by atoms with Crippen LogP contribution in [0, 0.1) is 0 Å². The number of cyclic esters (lactones) is 1. The molecule has 3 aromatic rings. The van der Waals surface area contributed by atoms with Crippen molar-refractivity contribution in [3.05, 3.63) is 54.2 Å². The average molecular weight is 408 g/mol. The van der Waals surface area contributed by atoms with E-state index < -0.39 is 6.10 Å². The predicted octanol–water partition coefficient (Wildman–Crippen LogP) is 4.90. The summed E-state index contributed by atoms with van der Waals surface area (Å²) in [6.45, 7) is 5.06. The summed E-state index contributed by atoms with van der Waals surface area (Å²) >= 11 is 0. The third-order valence-electron chi connectivity index (χ3n) is 5.88. The quantitative estimate of drug-likeness (QED) is 0.591. The lowest BCUT2D eigenvalue weighted by Gasteiger charge is -2.27. The minimum absolute atomic E-state index is 0.0930. The highest BCUT2D eigenvalue weighted by Crippen LogP contribution is 2.39. The molecule has 0 radical (unpaired) electrons. The Morgan fingerprint density at radius 1 is 1.17 bits per heavy atom. The highest BCUT2D eigenvalue weighted by atomic mass is 16.5. The topological polar surface area (TPSA) is 60.7 Å². The second kappa shape index (κ2) is 8.52. The minimum Gasteiger partial charge on any atom is -0.496 e. The van der Waals surface area contributed by atoms with Crippen LogP contribution in [0.15, 0.2) is 48.5 Å². The second-order valence-corrected chi connectivity index (χ2v) is 8.31. The molecule has 158 valence electrons. The molecule has 0 spiro atoms. The van der Waals surface area contributed by atoms with E-state index in [9.17, 15) is 9.90 Å². The minimum atomic E-state index is -0.608. The zero-order chi connectivity index (χ0) is 21.3. The summed E-state index contributed by atoms with van der Waals surface area (Å²) in [5.74, 6) is 0.869. The van der Waals surface area contributed by atoms with E-state index >= 15 is 0 Å². The number of methoxy groups -OCH3 is 1. The van der Waals surface area contributed by atoms with Gasteiger partial charge in [0, 0.05) is 30.6 Å². The number of ether oxygens (including phenoxy) is 2. The van der Waals surface area contributed by atoms with Gasteiger partial charge in [-0.2, -0.15) is 0 Å². The molecule has 5 heteroatoms. The monoisotopic (exact) mass is 407 g/mol. The van der Waals surface area contributed by atoms with Crippen molar-refractivity contribution >= 4 is 16.7 Å². The van der Waals surface area contributed by atoms with E-state index in [1.54, 1.807) is 7.11 Å². The maximum absolute atomic E-state index is 11.7. The molecule has 1 aliphatic heterocycles. The van der Waals surface area contributed by atoms with Crippen LogP contribution < -0.4 is 4.74 Å². The lowest BCUT2D eigenvalue weighted by molar-refractivity contribution is -0.160. The maximum Gasteiger partial charge on any atom is 0.308 e. The third-order valence-corrected chi connectivity index (χ3v) is 5.88. The largest absolute Gasteiger partial charge is 0.496 e. The molecule has 2 atom stereocenters. The number of rotatable bonds is 6. The first kappa shape index (κ1) is 20.5. The van der Waals surface area contributed by atoms with Crippen LogP contribution in [0.4, 0.5) is 0 Å². The summed E-state index contributed by atoms with van der Waals surface area (Å²) in [5, 5.41) is 12.3. The van der Waals surface area contributed by atoms with Gasteiger partial charge in [-0.05, 0) is 34.9 Å². The average Bonchev–Trinajstić information content (AvgIpc) is 3.14. The van der Waals surface area contributed by atoms with Gasteiger partial charge in [0.25, 0.3) is 0 Å². The number of aliphatic hydroxyl groups is 1. The van der Waals surface area contributed by atoms with Gasteiger partial charge in [0.05, 0.1) is 25.3 Å². The highest BCUT2D eigenvalue weighted by Gasteiger charge is 2.27. The molecule has 1 N–H and O–H groups in total. The molecule has 1 aliphatic rings. The third kappa shape index (κ3) is 3.94. The van der Waals surface area contributed by atoms with Crippen molar-refractivity contribution in [3.63, 3.8) is 0 Å². The zero-order valence-corrected chi connectivity index (χ0v) is 17.8. The van der Waals surface area contributed by atoms with E-state index in [1.807, 2.05) is 18.2 Å². The lowest BCUT2D eigenvalue weighted by Crippen LogP contribution is -2.33. The van der Waals surface area contributed by atoms with Crippen molar-refractivity contribution in [2.24, 2.45) is 0 Å². The summed E-state index contributed by atoms with van der Waals surface area (Å²) in [4.78, 5) is 11.7. The Morgan fingerprint density at radius 3 is 2.70 bits per heavy atom. The van der Waals surface area contributed by atoms with E-state index in [0.29, 0.717) is 25.3 Å². The first-order chi connectivity index (χ1) is 14.5. The molecule has 0 bridgehead atoms. The molecule has 0 aliphatic carbocycles. The number of esters is 1. The number of hydrogen-bond acceptors (Lipinski definition) is 4. The number of carbonyl (C=O) groups is 1. The number of carbonyl (C=O) groups excluding carboxylic acids is 1. The molecule has 0 amide bonds. The number of aliphatic hydroxyl groups excluding tert-OH is 1. The number of fused-ring (bicyclic) bond motifs is 1. The van der Waals surface area contributed by atoms with Gasteiger partial charge in [0.2, 0.25) is 0 Å². The molecular weight excluding hydrogens is 378 g/mol. The predicted molar refractivity (Wildman–Crippen MR) is 118 cm³/mol. The normalized spacial score (nSPS) is 19.3. The fraction of sp³-hybridized carbons (Fsp3) is 0.400. The van der Waals surface area contributed by atoms with Crippen LogP contribution in [-0.2, 0) is 16.1 Å². The van der Waals surface area contributed by atoms with Crippen LogP contribution in [0.25, 0.3) is 22.0 Å².